The van der Waals surface area contributed by atoms with Gasteiger partial charge < -0.3 is 28.7 Å². The zero-order valence-corrected chi connectivity index (χ0v) is 31.4. The first-order chi connectivity index (χ1) is 26.4. The highest BCUT2D eigenvalue weighted by molar-refractivity contribution is 5.78. The fourth-order valence-electron chi connectivity index (χ4n) is 5.76. The summed E-state index contributed by atoms with van der Waals surface area (Å²) in [5, 5.41) is 0. The Morgan fingerprint density at radius 1 is 0.352 bits per heavy atom. The van der Waals surface area contributed by atoms with Gasteiger partial charge in [0.05, 0.1) is 34.0 Å². The molecule has 0 fully saturated rings. The minimum Gasteiger partial charge on any atom is -0.497 e. The fourth-order valence-corrected chi connectivity index (χ4v) is 5.76. The Morgan fingerprint density at radius 2 is 0.574 bits per heavy atom. The molecule has 0 saturated carbocycles. The lowest BCUT2D eigenvalue weighted by atomic mass is 10.1. The molecule has 6 heteroatoms. The van der Waals surface area contributed by atoms with Crippen molar-refractivity contribution in [1.29, 1.82) is 0 Å². The largest absolute Gasteiger partial charge is 0.497 e. The van der Waals surface area contributed by atoms with Gasteiger partial charge in [0, 0.05) is 45.3 Å². The summed E-state index contributed by atoms with van der Waals surface area (Å²) in [5.41, 5.74) is 9.65. The lowest BCUT2D eigenvalue weighted by Crippen LogP contribution is -2.09. The van der Waals surface area contributed by atoms with E-state index in [-0.39, 0.29) is 0 Å². The molecule has 0 aliphatic carbocycles. The number of nitrogens with zero attached hydrogens (tertiary/aromatic N) is 2. The van der Waals surface area contributed by atoms with Gasteiger partial charge in [-0.25, -0.2) is 0 Å². The molecule has 0 heterocycles. The Kier molecular flexibility index (Phi) is 11.9. The van der Waals surface area contributed by atoms with Crippen LogP contribution in [0.25, 0.3) is 0 Å². The number of hydrogen-bond acceptors (Lipinski definition) is 6. The van der Waals surface area contributed by atoms with Crippen LogP contribution in [0, 0.1) is 23.7 Å². The summed E-state index contributed by atoms with van der Waals surface area (Å²) in [6.45, 7) is 4.07. The maximum Gasteiger partial charge on any atom is 0.119 e. The number of methoxy groups -OCH3 is 4. The summed E-state index contributed by atoms with van der Waals surface area (Å²) in [6, 6.07) is 48.5. The summed E-state index contributed by atoms with van der Waals surface area (Å²) in [7, 11) is 6.68. The van der Waals surface area contributed by atoms with Crippen molar-refractivity contribution in [3.8, 4) is 46.7 Å². The van der Waals surface area contributed by atoms with Crippen molar-refractivity contribution < 1.29 is 18.9 Å². The first-order valence-corrected chi connectivity index (χ1v) is 17.5. The molecule has 6 aromatic carbocycles. The smallest absolute Gasteiger partial charge is 0.119 e. The Hall–Kier alpha value is -7.02. The van der Waals surface area contributed by atoms with E-state index in [0.29, 0.717) is 0 Å². The molecule has 0 N–H and O–H groups in total. The Balaban J connectivity index is 1.23. The molecule has 0 saturated heterocycles. The zero-order valence-electron chi connectivity index (χ0n) is 31.4. The molecule has 0 bridgehead atoms. The summed E-state index contributed by atoms with van der Waals surface area (Å²) in [4.78, 5) is 4.36. The van der Waals surface area contributed by atoms with Crippen LogP contribution in [0.4, 0.5) is 34.1 Å². The molecular weight excluding hydrogens is 669 g/mol. The lowest BCUT2D eigenvalue weighted by molar-refractivity contribution is 0.414. The highest BCUT2D eigenvalue weighted by Gasteiger charge is 2.14. The van der Waals surface area contributed by atoms with Gasteiger partial charge >= 0.3 is 0 Å². The van der Waals surface area contributed by atoms with Crippen LogP contribution in [0.3, 0.4) is 0 Å². The van der Waals surface area contributed by atoms with Crippen molar-refractivity contribution >= 4 is 34.1 Å². The molecule has 0 aliphatic rings. The van der Waals surface area contributed by atoms with E-state index in [2.05, 4.69) is 57.7 Å². The second-order valence-electron chi connectivity index (χ2n) is 12.4. The molecule has 268 valence electrons. The van der Waals surface area contributed by atoms with Crippen LogP contribution >= 0.6 is 0 Å². The first kappa shape index (κ1) is 36.8. The van der Waals surface area contributed by atoms with Crippen molar-refractivity contribution in [2.24, 2.45) is 0 Å². The quantitative estimate of drug-likeness (QED) is 0.132. The predicted molar refractivity (Wildman–Crippen MR) is 221 cm³/mol. The monoisotopic (exact) mass is 710 g/mol. The minimum atomic E-state index is 0.791. The van der Waals surface area contributed by atoms with Crippen LogP contribution in [-0.2, 0) is 0 Å². The van der Waals surface area contributed by atoms with E-state index in [0.717, 1.165) is 79.4 Å². The minimum absolute atomic E-state index is 0.791. The first-order valence-electron chi connectivity index (χ1n) is 17.5. The summed E-state index contributed by atoms with van der Waals surface area (Å²) in [6.07, 6.45) is 0. The highest BCUT2D eigenvalue weighted by Crippen LogP contribution is 2.37. The third-order valence-corrected chi connectivity index (χ3v) is 8.74. The SMILES string of the molecule is COc1ccc(N(c2ccc(C#CC(C#Cc3ccc(N(c4ccc(OC)cc4)c4ccc(OC)cc4)cc3)=C(C)C)cc2)c2ccc(OC)cc2)cc1. The Labute approximate surface area is 318 Å². The number of rotatable bonds is 10. The third-order valence-electron chi connectivity index (χ3n) is 8.74. The molecule has 0 unspecified atom stereocenters. The van der Waals surface area contributed by atoms with Gasteiger partial charge in [-0.15, -0.1) is 0 Å². The van der Waals surface area contributed by atoms with E-state index in [1.165, 1.54) is 0 Å². The maximum absolute atomic E-state index is 5.40. The van der Waals surface area contributed by atoms with E-state index >= 15 is 0 Å². The standard InChI is InChI=1S/C48H42N2O4/c1-35(2)38(13-7-36-9-15-39(16-10-36)49(41-19-27-45(51-3)28-20-41)42-21-29-46(52-4)30-22-42)14-8-37-11-17-40(18-12-37)50(43-23-31-47(53-5)32-24-43)44-25-33-48(54-6)34-26-44/h9-12,15-34H,1-6H3. The van der Waals surface area contributed by atoms with Crippen LogP contribution in [0.2, 0.25) is 0 Å². The molecule has 0 radical (unpaired) electrons. The van der Waals surface area contributed by atoms with Crippen LogP contribution in [-0.4, -0.2) is 28.4 Å². The van der Waals surface area contributed by atoms with Gasteiger partial charge in [0.2, 0.25) is 0 Å². The third kappa shape index (κ3) is 8.88. The number of hydrogen-bond donors (Lipinski definition) is 0. The summed E-state index contributed by atoms with van der Waals surface area (Å²) < 4.78 is 21.6. The van der Waals surface area contributed by atoms with Crippen LogP contribution < -0.4 is 28.7 Å². The van der Waals surface area contributed by atoms with Crippen molar-refractivity contribution in [3.63, 3.8) is 0 Å². The molecule has 0 atom stereocenters. The van der Waals surface area contributed by atoms with Gasteiger partial charge in [-0.3, -0.25) is 0 Å². The molecular formula is C48H42N2O4. The van der Waals surface area contributed by atoms with E-state index in [4.69, 9.17) is 18.9 Å². The predicted octanol–water partition coefficient (Wildman–Crippen LogP) is 11.4. The fraction of sp³-hybridized carbons (Fsp3) is 0.125. The average molecular weight is 711 g/mol. The Morgan fingerprint density at radius 3 is 0.778 bits per heavy atom. The number of allylic oxidation sites excluding steroid dienone is 2. The van der Waals surface area contributed by atoms with E-state index in [9.17, 15) is 0 Å². The molecule has 0 amide bonds. The van der Waals surface area contributed by atoms with Crippen molar-refractivity contribution in [1.82, 2.24) is 0 Å². The Bertz CT molecular complexity index is 2040. The normalized spacial score (nSPS) is 10.1. The topological polar surface area (TPSA) is 43.4 Å². The molecule has 6 aromatic rings. The van der Waals surface area contributed by atoms with Gasteiger partial charge in [0.15, 0.2) is 0 Å². The van der Waals surface area contributed by atoms with E-state index in [1.54, 1.807) is 28.4 Å². The zero-order chi connectivity index (χ0) is 37.9. The summed E-state index contributed by atoms with van der Waals surface area (Å²) >= 11 is 0. The molecule has 54 heavy (non-hydrogen) atoms. The van der Waals surface area contributed by atoms with Gasteiger partial charge in [-0.1, -0.05) is 29.3 Å². The van der Waals surface area contributed by atoms with E-state index in [1.807, 2.05) is 135 Å². The van der Waals surface area contributed by atoms with Crippen molar-refractivity contribution in [2.75, 3.05) is 38.2 Å². The molecule has 0 spiro atoms. The van der Waals surface area contributed by atoms with Crippen LogP contribution in [0.15, 0.2) is 157 Å². The van der Waals surface area contributed by atoms with Crippen molar-refractivity contribution in [3.05, 3.63) is 168 Å². The average Bonchev–Trinajstić information content (AvgIpc) is 3.23. The van der Waals surface area contributed by atoms with Crippen molar-refractivity contribution in [2.45, 2.75) is 13.8 Å². The summed E-state index contributed by atoms with van der Waals surface area (Å²) in [5.74, 6) is 16.5. The van der Waals surface area contributed by atoms with Gasteiger partial charge in [-0.2, -0.15) is 0 Å². The second kappa shape index (κ2) is 17.5. The van der Waals surface area contributed by atoms with Gasteiger partial charge in [-0.05, 0) is 159 Å². The second-order valence-corrected chi connectivity index (χ2v) is 12.4. The number of ether oxygens (including phenoxy) is 4. The molecule has 0 aromatic heterocycles. The lowest BCUT2D eigenvalue weighted by Gasteiger charge is -2.25. The van der Waals surface area contributed by atoms with Crippen LogP contribution in [0.5, 0.6) is 23.0 Å². The number of anilines is 6. The van der Waals surface area contributed by atoms with Gasteiger partial charge in [0.25, 0.3) is 0 Å². The molecule has 0 aliphatic heterocycles. The molecule has 6 rings (SSSR count). The van der Waals surface area contributed by atoms with Crippen LogP contribution in [0.1, 0.15) is 25.0 Å². The highest BCUT2D eigenvalue weighted by atomic mass is 16.5. The molecule has 6 nitrogen and oxygen atoms in total. The van der Waals surface area contributed by atoms with E-state index < -0.39 is 0 Å². The van der Waals surface area contributed by atoms with Gasteiger partial charge in [0.1, 0.15) is 23.0 Å². The maximum atomic E-state index is 5.40. The number of benzene rings is 6.